The van der Waals surface area contributed by atoms with Gasteiger partial charge in [0, 0.05) is 18.7 Å². The molecule has 0 aromatic carbocycles. The number of amides is 1. The van der Waals surface area contributed by atoms with Crippen molar-refractivity contribution < 1.29 is 33.7 Å². The molecule has 9 nitrogen and oxygen atoms in total. The summed E-state index contributed by atoms with van der Waals surface area (Å²) in [5.74, 6) is -2.21. The molecule has 0 bridgehead atoms. The molecule has 1 rings (SSSR count). The molecule has 0 fully saturated rings. The molecule has 0 unspecified atom stereocenters. The smallest absolute Gasteiger partial charge is 0.328 e. The Hall–Kier alpha value is -2.84. The van der Waals surface area contributed by atoms with Crippen LogP contribution in [0.25, 0.3) is 0 Å². The van der Waals surface area contributed by atoms with Crippen LogP contribution in [0.15, 0.2) is 12.3 Å². The van der Waals surface area contributed by atoms with Crippen LogP contribution in [-0.4, -0.2) is 54.3 Å². The summed E-state index contributed by atoms with van der Waals surface area (Å²) in [6, 6.07) is 0.328. The molecule has 1 atom stereocenters. The van der Waals surface area contributed by atoms with E-state index < -0.39 is 29.6 Å². The number of nitrogens with zero attached hydrogens (tertiary/aromatic N) is 1. The predicted molar refractivity (Wildman–Crippen MR) is 123 cm³/mol. The second kappa shape index (κ2) is 16.7. The van der Waals surface area contributed by atoms with Gasteiger partial charge in [0.05, 0.1) is 20.3 Å². The first kappa shape index (κ1) is 28.2. The van der Waals surface area contributed by atoms with Crippen molar-refractivity contribution in [2.24, 2.45) is 0 Å². The van der Waals surface area contributed by atoms with Gasteiger partial charge in [-0.15, -0.1) is 0 Å². The van der Waals surface area contributed by atoms with Gasteiger partial charge in [0.1, 0.15) is 6.04 Å². The highest BCUT2D eigenvalue weighted by molar-refractivity contribution is 5.98. The average Bonchev–Trinajstić information content (AvgIpc) is 2.81. The molecule has 2 N–H and O–H groups in total. The molecule has 1 heterocycles. The number of methoxy groups -OCH3 is 1. The van der Waals surface area contributed by atoms with Crippen molar-refractivity contribution in [3.05, 3.63) is 18.0 Å². The third-order valence-corrected chi connectivity index (χ3v) is 5.05. The van der Waals surface area contributed by atoms with Gasteiger partial charge < -0.3 is 24.6 Å². The first-order valence-electron chi connectivity index (χ1n) is 11.8. The highest BCUT2D eigenvalue weighted by Gasteiger charge is 2.26. The van der Waals surface area contributed by atoms with E-state index in [0.29, 0.717) is 6.61 Å². The first-order valence-corrected chi connectivity index (χ1v) is 11.8. The summed E-state index contributed by atoms with van der Waals surface area (Å²) in [6.07, 6.45) is 8.99. The molecule has 0 aliphatic carbocycles. The number of hydrogen-bond acceptors (Lipinski definition) is 8. The molecule has 0 aliphatic heterocycles. The van der Waals surface area contributed by atoms with Crippen molar-refractivity contribution in [1.82, 2.24) is 10.3 Å². The number of aromatic hydroxyl groups is 1. The van der Waals surface area contributed by atoms with Crippen molar-refractivity contribution >= 4 is 17.8 Å². The summed E-state index contributed by atoms with van der Waals surface area (Å²) < 4.78 is 15.5. The lowest BCUT2D eigenvalue weighted by Gasteiger charge is -2.18. The van der Waals surface area contributed by atoms with Crippen LogP contribution in [0.4, 0.5) is 0 Å². The van der Waals surface area contributed by atoms with Gasteiger partial charge in [-0.05, 0) is 19.3 Å². The summed E-state index contributed by atoms with van der Waals surface area (Å²) in [4.78, 5) is 41.2. The second-order valence-electron chi connectivity index (χ2n) is 7.78. The van der Waals surface area contributed by atoms with Crippen LogP contribution in [0.1, 0.15) is 88.5 Å². The largest absolute Gasteiger partial charge is 0.503 e. The van der Waals surface area contributed by atoms with E-state index in [9.17, 15) is 19.5 Å². The highest BCUT2D eigenvalue weighted by Crippen LogP contribution is 2.27. The maximum absolute atomic E-state index is 12.7. The molecule has 0 spiro atoms. The van der Waals surface area contributed by atoms with Crippen LogP contribution in [0.3, 0.4) is 0 Å². The van der Waals surface area contributed by atoms with Gasteiger partial charge >= 0.3 is 11.9 Å². The van der Waals surface area contributed by atoms with E-state index in [4.69, 9.17) is 14.2 Å². The maximum Gasteiger partial charge on any atom is 0.328 e. The number of carbonyl (C=O) groups excluding carboxylic acids is 3. The van der Waals surface area contributed by atoms with E-state index in [2.05, 4.69) is 24.1 Å². The summed E-state index contributed by atoms with van der Waals surface area (Å²) in [5.41, 5.74) is -0.284. The normalized spacial score (nSPS) is 11.5. The van der Waals surface area contributed by atoms with Crippen molar-refractivity contribution in [1.29, 1.82) is 0 Å². The van der Waals surface area contributed by atoms with Gasteiger partial charge in [-0.2, -0.15) is 0 Å². The van der Waals surface area contributed by atoms with Crippen LogP contribution in [-0.2, 0) is 19.1 Å². The van der Waals surface area contributed by atoms with Crippen LogP contribution < -0.4 is 10.1 Å². The van der Waals surface area contributed by atoms with Gasteiger partial charge in [-0.25, -0.2) is 9.78 Å². The van der Waals surface area contributed by atoms with Gasteiger partial charge in [0.15, 0.2) is 17.2 Å². The lowest BCUT2D eigenvalue weighted by Crippen LogP contribution is -2.42. The Morgan fingerprint density at radius 2 is 1.64 bits per heavy atom. The number of pyridine rings is 1. The van der Waals surface area contributed by atoms with Gasteiger partial charge in [0.2, 0.25) is 0 Å². The van der Waals surface area contributed by atoms with Crippen LogP contribution >= 0.6 is 0 Å². The zero-order valence-corrected chi connectivity index (χ0v) is 20.1. The van der Waals surface area contributed by atoms with Gasteiger partial charge in [-0.3, -0.25) is 9.59 Å². The van der Waals surface area contributed by atoms with Gasteiger partial charge in [0.25, 0.3) is 5.91 Å². The summed E-state index contributed by atoms with van der Waals surface area (Å²) in [7, 11) is 1.35. The molecule has 0 saturated carbocycles. The molecular weight excluding hydrogens is 428 g/mol. The number of hydrogen-bond donors (Lipinski definition) is 2. The van der Waals surface area contributed by atoms with Crippen LogP contribution in [0.2, 0.25) is 0 Å². The molecule has 33 heavy (non-hydrogen) atoms. The Kier molecular flexibility index (Phi) is 14.3. The van der Waals surface area contributed by atoms with E-state index in [1.165, 1.54) is 19.4 Å². The number of aromatic nitrogens is 1. The Labute approximate surface area is 196 Å². The molecule has 1 aromatic heterocycles. The first-order chi connectivity index (χ1) is 15.9. The minimum Gasteiger partial charge on any atom is -0.503 e. The van der Waals surface area contributed by atoms with Crippen LogP contribution in [0.5, 0.6) is 11.5 Å². The quantitative estimate of drug-likeness (QED) is 0.261. The molecule has 0 aliphatic rings. The van der Waals surface area contributed by atoms with Crippen LogP contribution in [0, 0.1) is 0 Å². The number of nitrogens with one attached hydrogen (secondary N) is 1. The minimum absolute atomic E-state index is 0.0120. The molecule has 0 radical (unpaired) electrons. The van der Waals surface area contributed by atoms with E-state index >= 15 is 0 Å². The number of esters is 2. The fourth-order valence-electron chi connectivity index (χ4n) is 3.09. The molecule has 1 aromatic rings. The average molecular weight is 467 g/mol. The van der Waals surface area contributed by atoms with E-state index in [1.54, 1.807) is 0 Å². The molecule has 9 heteroatoms. The Morgan fingerprint density at radius 1 is 1.00 bits per heavy atom. The summed E-state index contributed by atoms with van der Waals surface area (Å²) in [6.45, 7) is 4.75. The minimum atomic E-state index is -1.08. The second-order valence-corrected chi connectivity index (χ2v) is 7.78. The summed E-state index contributed by atoms with van der Waals surface area (Å²) >= 11 is 0. The standard InChI is InChI=1S/C24H38N2O7/c1-4-6-8-10-16-32-20(27)13-12-18(24(30)33-17-11-9-7-5-2)26-23(29)21-22(28)19(31-3)14-15-25-21/h14-15,18,28H,4-13,16-17H2,1-3H3,(H,26,29)/t18-/m0/s1. The number of rotatable bonds is 17. The number of unbranched alkanes of at least 4 members (excludes halogenated alkanes) is 6. The SMILES string of the molecule is CCCCCCOC(=O)CC[C@H](NC(=O)c1nccc(OC)c1O)C(=O)OCCCCCC. The maximum atomic E-state index is 12.7. The molecule has 186 valence electrons. The van der Waals surface area contributed by atoms with Crippen molar-refractivity contribution in [2.75, 3.05) is 20.3 Å². The lowest BCUT2D eigenvalue weighted by molar-refractivity contribution is -0.147. The van der Waals surface area contributed by atoms with E-state index in [-0.39, 0.29) is 30.9 Å². The third-order valence-electron chi connectivity index (χ3n) is 5.05. The Morgan fingerprint density at radius 3 is 2.24 bits per heavy atom. The molecular formula is C24H38N2O7. The summed E-state index contributed by atoms with van der Waals surface area (Å²) in [5, 5.41) is 12.7. The fourth-order valence-corrected chi connectivity index (χ4v) is 3.09. The predicted octanol–water partition coefficient (Wildman–Crippen LogP) is 3.92. The monoisotopic (exact) mass is 466 g/mol. The molecule has 1 amide bonds. The van der Waals surface area contributed by atoms with Crippen molar-refractivity contribution in [3.8, 4) is 11.5 Å². The number of ether oxygens (including phenoxy) is 3. The zero-order valence-electron chi connectivity index (χ0n) is 20.1. The van der Waals surface area contributed by atoms with E-state index in [1.807, 2.05) is 0 Å². The topological polar surface area (TPSA) is 124 Å². The van der Waals surface area contributed by atoms with Crippen molar-refractivity contribution in [2.45, 2.75) is 84.1 Å². The third kappa shape index (κ3) is 11.0. The van der Waals surface area contributed by atoms with Crippen molar-refractivity contribution in [3.63, 3.8) is 0 Å². The molecule has 0 saturated heterocycles. The highest BCUT2D eigenvalue weighted by atomic mass is 16.5. The van der Waals surface area contributed by atoms with E-state index in [0.717, 1.165) is 51.4 Å². The zero-order chi connectivity index (χ0) is 24.5. The Bertz CT molecular complexity index is 740. The lowest BCUT2D eigenvalue weighted by atomic mass is 10.1. The Balaban J connectivity index is 2.71. The number of carbonyl (C=O) groups is 3. The van der Waals surface area contributed by atoms with Gasteiger partial charge in [-0.1, -0.05) is 52.4 Å². The fraction of sp³-hybridized carbons (Fsp3) is 0.667.